The van der Waals surface area contributed by atoms with Gasteiger partial charge in [0.05, 0.1) is 39.7 Å². The van der Waals surface area contributed by atoms with Crippen molar-refractivity contribution in [3.63, 3.8) is 0 Å². The quantitative estimate of drug-likeness (QED) is 0.188. The van der Waals surface area contributed by atoms with E-state index in [4.69, 9.17) is 21.0 Å². The molecule has 0 bridgehead atoms. The van der Waals surface area contributed by atoms with Crippen LogP contribution in [0, 0.1) is 24.2 Å². The van der Waals surface area contributed by atoms with Crippen LogP contribution in [-0.4, -0.2) is 83.7 Å². The Bertz CT molecular complexity index is 2220. The minimum Gasteiger partial charge on any atom is -0.481 e. The van der Waals surface area contributed by atoms with Gasteiger partial charge in [0, 0.05) is 69.2 Å². The third kappa shape index (κ3) is 6.71. The number of anilines is 1. The number of nitrogens with one attached hydrogen (secondary N) is 1. The van der Waals surface area contributed by atoms with Crippen molar-refractivity contribution in [2.45, 2.75) is 45.9 Å². The highest BCUT2D eigenvalue weighted by Gasteiger charge is 2.29. The van der Waals surface area contributed by atoms with Crippen molar-refractivity contribution >= 4 is 40.3 Å². The van der Waals surface area contributed by atoms with Crippen molar-refractivity contribution in [1.82, 2.24) is 29.3 Å². The van der Waals surface area contributed by atoms with Gasteiger partial charge < -0.3 is 24.5 Å². The number of aliphatic carboxylic acids is 1. The Hall–Kier alpha value is -5.13. The maximum absolute atomic E-state index is 13.5. The molecule has 1 amide bonds. The van der Waals surface area contributed by atoms with Crippen molar-refractivity contribution in [3.05, 3.63) is 81.5 Å². The highest BCUT2D eigenvalue weighted by Crippen LogP contribution is 2.38. The third-order valence-electron chi connectivity index (χ3n) is 9.72. The van der Waals surface area contributed by atoms with Crippen LogP contribution in [0.2, 0.25) is 5.02 Å². The Morgan fingerprint density at radius 1 is 1.18 bits per heavy atom. The number of aromatic nitrogens is 4. The van der Waals surface area contributed by atoms with Gasteiger partial charge >= 0.3 is 5.97 Å². The van der Waals surface area contributed by atoms with E-state index < -0.39 is 23.9 Å². The fraction of sp³-hybridized carbons (Fsp3) is 0.351. The monoisotopic (exact) mass is 708 g/mol. The summed E-state index contributed by atoms with van der Waals surface area (Å²) in [6, 6.07) is 13.1. The molecule has 2 aliphatic rings. The van der Waals surface area contributed by atoms with Crippen molar-refractivity contribution in [2.24, 2.45) is 13.0 Å². The second kappa shape index (κ2) is 13.9. The van der Waals surface area contributed by atoms with E-state index in [1.807, 2.05) is 42.8 Å². The van der Waals surface area contributed by atoms with Crippen LogP contribution >= 0.6 is 11.6 Å². The van der Waals surface area contributed by atoms with Gasteiger partial charge in [0.15, 0.2) is 11.4 Å². The Labute approximate surface area is 299 Å². The highest BCUT2D eigenvalue weighted by atomic mass is 35.5. The molecule has 262 valence electrons. The molecule has 14 heteroatoms. The number of fused-ring (bicyclic) bond motifs is 2. The predicted molar refractivity (Wildman–Crippen MR) is 190 cm³/mol. The number of likely N-dealkylation sites (tertiary alicyclic amines) is 1. The molecule has 5 aromatic rings. The number of carboxylic acid groups (broad SMARTS) is 1. The van der Waals surface area contributed by atoms with E-state index in [9.17, 15) is 25.1 Å². The Morgan fingerprint density at radius 2 is 1.98 bits per heavy atom. The van der Waals surface area contributed by atoms with E-state index in [0.717, 1.165) is 35.5 Å². The molecule has 2 atom stereocenters. The molecule has 0 spiro atoms. The maximum atomic E-state index is 13.5. The van der Waals surface area contributed by atoms with Gasteiger partial charge in [-0.25, -0.2) is 9.97 Å². The van der Waals surface area contributed by atoms with Crippen LogP contribution in [0.1, 0.15) is 52.0 Å². The normalized spacial score (nSPS) is 17.0. The van der Waals surface area contributed by atoms with Gasteiger partial charge in [-0.2, -0.15) is 5.26 Å². The molecular weight excluding hydrogens is 672 g/mol. The van der Waals surface area contributed by atoms with Gasteiger partial charge in [0.2, 0.25) is 5.89 Å². The zero-order valence-corrected chi connectivity index (χ0v) is 29.2. The zero-order valence-electron chi connectivity index (χ0n) is 28.5. The van der Waals surface area contributed by atoms with E-state index in [-0.39, 0.29) is 10.8 Å². The van der Waals surface area contributed by atoms with Crippen molar-refractivity contribution < 1.29 is 24.2 Å². The second-order valence-corrected chi connectivity index (χ2v) is 13.7. The fourth-order valence-corrected chi connectivity index (χ4v) is 7.42. The number of hydrogen-bond donors (Lipinski definition) is 3. The summed E-state index contributed by atoms with van der Waals surface area (Å²) >= 11 is 6.92. The van der Waals surface area contributed by atoms with Crippen LogP contribution < -0.4 is 5.32 Å². The number of carbonyl (C=O) groups is 2. The number of benzene rings is 2. The van der Waals surface area contributed by atoms with Crippen LogP contribution in [0.15, 0.2) is 47.0 Å². The molecule has 13 nitrogen and oxygen atoms in total. The van der Waals surface area contributed by atoms with Gasteiger partial charge in [0.1, 0.15) is 11.6 Å². The van der Waals surface area contributed by atoms with E-state index >= 15 is 0 Å². The van der Waals surface area contributed by atoms with E-state index in [2.05, 4.69) is 31.2 Å². The van der Waals surface area contributed by atoms with Gasteiger partial charge in [-0.3, -0.25) is 24.4 Å². The molecule has 0 saturated carbocycles. The molecule has 1 fully saturated rings. The Kier molecular flexibility index (Phi) is 9.34. The predicted octanol–water partition coefficient (Wildman–Crippen LogP) is 5.02. The Balaban J connectivity index is 1.14. The molecule has 1 saturated heterocycles. The second-order valence-electron chi connectivity index (χ2n) is 13.4. The highest BCUT2D eigenvalue weighted by molar-refractivity contribution is 6.36. The van der Waals surface area contributed by atoms with Gasteiger partial charge in [-0.15, -0.1) is 0 Å². The molecule has 3 aromatic heterocycles. The number of nitrogens with zero attached hydrogens (tertiary/aromatic N) is 7. The summed E-state index contributed by atoms with van der Waals surface area (Å²) in [4.78, 5) is 43.1. The number of oxazole rings is 1. The van der Waals surface area contributed by atoms with Crippen molar-refractivity contribution in [2.75, 3.05) is 31.5 Å². The van der Waals surface area contributed by atoms with Crippen LogP contribution in [-0.2, 0) is 31.4 Å². The number of aliphatic hydroxyl groups excluding tert-OH is 1. The number of β-amino-alcohol motifs (C(OH)–C–C–N with tert-alkyl or cyclic N) is 1. The van der Waals surface area contributed by atoms with Crippen LogP contribution in [0.5, 0.6) is 0 Å². The average Bonchev–Trinajstić information content (AvgIpc) is 3.83. The number of imidazole rings is 1. The number of halogens is 1. The number of carboxylic acids is 1. The molecule has 2 aliphatic heterocycles. The number of hydrogen-bond acceptors (Lipinski definition) is 10. The molecule has 3 N–H and O–H groups in total. The lowest BCUT2D eigenvalue weighted by Gasteiger charge is -2.27. The van der Waals surface area contributed by atoms with E-state index in [1.54, 1.807) is 25.3 Å². The first kappa shape index (κ1) is 34.3. The van der Waals surface area contributed by atoms with Gasteiger partial charge in [-0.1, -0.05) is 23.7 Å². The zero-order chi connectivity index (χ0) is 36.0. The lowest BCUT2D eigenvalue weighted by Crippen LogP contribution is -2.36. The molecule has 0 radical (unpaired) electrons. The van der Waals surface area contributed by atoms with Crippen molar-refractivity contribution in [3.8, 4) is 28.8 Å². The number of pyridine rings is 1. The van der Waals surface area contributed by atoms with Gasteiger partial charge in [0.25, 0.3) is 5.91 Å². The summed E-state index contributed by atoms with van der Waals surface area (Å²) in [5, 5.41) is 32.3. The topological polar surface area (TPSA) is 174 Å². The first-order valence-corrected chi connectivity index (χ1v) is 17.2. The summed E-state index contributed by atoms with van der Waals surface area (Å²) < 4.78 is 8.00. The minimum absolute atomic E-state index is 0.259. The first-order chi connectivity index (χ1) is 24.5. The summed E-state index contributed by atoms with van der Waals surface area (Å²) in [7, 11) is 1.83. The standard InChI is InChI=1S/C37H37ClN8O5/c1-20(47)16-45-12-9-30-29(19-45)41-34(44(30)3)35(48)42-27-7-10-40-32(31(27)38)25-5-4-6-26(21(25)2)36-43-28-14-22(13-24(15-39)33(28)51-36)17-46-11-8-23(18-46)37(49)50/h4-7,10,13-14,20,23,47H,8-9,11-12,16-19H2,1-3H3,(H,49,50)(H,40,42,48)/t20-,23+/m0/s1. The summed E-state index contributed by atoms with van der Waals surface area (Å²) in [6.45, 7) is 7.17. The number of nitriles is 1. The Morgan fingerprint density at radius 3 is 2.73 bits per heavy atom. The summed E-state index contributed by atoms with van der Waals surface area (Å²) in [5.74, 6) is -0.978. The molecule has 7 rings (SSSR count). The fourth-order valence-electron chi connectivity index (χ4n) is 7.16. The number of rotatable bonds is 9. The number of amides is 1. The molecule has 0 aliphatic carbocycles. The molecule has 2 aromatic carbocycles. The lowest BCUT2D eigenvalue weighted by atomic mass is 9.99. The van der Waals surface area contributed by atoms with Crippen LogP contribution in [0.3, 0.4) is 0 Å². The van der Waals surface area contributed by atoms with Crippen LogP contribution in [0.4, 0.5) is 5.69 Å². The van der Waals surface area contributed by atoms with E-state index in [1.165, 1.54) is 0 Å². The average molecular weight is 709 g/mol. The first-order valence-electron chi connectivity index (χ1n) is 16.8. The van der Waals surface area contributed by atoms with E-state index in [0.29, 0.717) is 84.2 Å². The molecule has 0 unspecified atom stereocenters. The van der Waals surface area contributed by atoms with Crippen LogP contribution in [0.25, 0.3) is 33.8 Å². The summed E-state index contributed by atoms with van der Waals surface area (Å²) in [6.07, 6.45) is 2.45. The number of aliphatic hydroxyl groups is 1. The maximum Gasteiger partial charge on any atom is 0.307 e. The largest absolute Gasteiger partial charge is 0.481 e. The third-order valence-corrected chi connectivity index (χ3v) is 10.1. The molecule has 5 heterocycles. The lowest BCUT2D eigenvalue weighted by molar-refractivity contribution is -0.141. The molecular formula is C37H37ClN8O5. The summed E-state index contributed by atoms with van der Waals surface area (Å²) in [5.41, 5.74) is 6.96. The van der Waals surface area contributed by atoms with Gasteiger partial charge in [-0.05, 0) is 62.2 Å². The van der Waals surface area contributed by atoms with Crippen molar-refractivity contribution in [1.29, 1.82) is 5.26 Å². The number of carbonyl (C=O) groups excluding carboxylic acids is 1. The smallest absolute Gasteiger partial charge is 0.307 e. The SMILES string of the molecule is Cc1c(-c2nc3cc(CN4CC[C@@H](C(=O)O)C4)cc(C#N)c3o2)cccc1-c1nccc(NC(=O)c2nc3c(n2C)CCN(C[C@H](C)O)C3)c1Cl. The minimum atomic E-state index is -0.790. The molecule has 51 heavy (non-hydrogen) atoms.